The molecule has 2 N–H and O–H groups in total. The molecule has 2 heterocycles. The number of likely N-dealkylation sites (N-methyl/N-ethyl adjacent to an activating group) is 1. The zero-order valence-corrected chi connectivity index (χ0v) is 14.4. The second kappa shape index (κ2) is 7.09. The van der Waals surface area contributed by atoms with E-state index in [2.05, 4.69) is 10.2 Å². The molecule has 0 aromatic heterocycles. The van der Waals surface area contributed by atoms with Crippen LogP contribution in [-0.2, 0) is 9.59 Å². The lowest BCUT2D eigenvalue weighted by Crippen LogP contribution is -2.61. The molecule has 0 radical (unpaired) electrons. The van der Waals surface area contributed by atoms with Crippen LogP contribution in [0.1, 0.15) is 30.9 Å². The minimum atomic E-state index is -1.31. The maximum absolute atomic E-state index is 13.0. The van der Waals surface area contributed by atoms with Crippen molar-refractivity contribution in [2.75, 3.05) is 33.2 Å². The third-order valence-corrected chi connectivity index (χ3v) is 5.43. The van der Waals surface area contributed by atoms with Crippen LogP contribution in [0.15, 0.2) is 24.3 Å². The number of nitrogens with zero attached hydrogens (tertiary/aromatic N) is 2. The summed E-state index contributed by atoms with van der Waals surface area (Å²) < 4.78 is 13.0. The summed E-state index contributed by atoms with van der Waals surface area (Å²) in [5.41, 5.74) is -0.204. The molecule has 1 spiro atoms. The third-order valence-electron chi connectivity index (χ3n) is 5.43. The Morgan fingerprint density at radius 1 is 1.24 bits per heavy atom. The number of likely N-dealkylation sites (tertiary alicyclic amines) is 1. The maximum atomic E-state index is 13.0. The van der Waals surface area contributed by atoms with Crippen molar-refractivity contribution in [3.8, 4) is 0 Å². The number of rotatable bonds is 2. The largest absolute Gasteiger partial charge is 0.378 e. The Hall–Kier alpha value is -1.99. The number of halogens is 1. The van der Waals surface area contributed by atoms with Gasteiger partial charge in [0, 0.05) is 26.2 Å². The normalized spacial score (nSPS) is 22.4. The molecule has 2 fully saturated rings. The third kappa shape index (κ3) is 3.39. The first-order valence-electron chi connectivity index (χ1n) is 8.66. The van der Waals surface area contributed by atoms with Gasteiger partial charge in [-0.2, -0.15) is 0 Å². The monoisotopic (exact) mass is 349 g/mol. The van der Waals surface area contributed by atoms with Crippen LogP contribution in [0.25, 0.3) is 0 Å². The summed E-state index contributed by atoms with van der Waals surface area (Å²) in [5, 5.41) is 13.2. The van der Waals surface area contributed by atoms with E-state index >= 15 is 0 Å². The number of nitrogens with one attached hydrogen (secondary N) is 1. The van der Waals surface area contributed by atoms with E-state index in [1.165, 1.54) is 24.3 Å². The van der Waals surface area contributed by atoms with Crippen LogP contribution in [0.2, 0.25) is 0 Å². The molecule has 6 nitrogen and oxygen atoms in total. The highest BCUT2D eigenvalue weighted by atomic mass is 19.1. The van der Waals surface area contributed by atoms with Crippen LogP contribution in [-0.4, -0.2) is 65.5 Å². The minimum absolute atomic E-state index is 0.0266. The fraction of sp³-hybridized carbons (Fsp3) is 0.556. The number of amides is 2. The second-order valence-electron chi connectivity index (χ2n) is 6.84. The predicted octanol–water partition coefficient (Wildman–Crippen LogP) is 0.672. The number of benzene rings is 1. The van der Waals surface area contributed by atoms with Crippen LogP contribution < -0.4 is 5.32 Å². The van der Waals surface area contributed by atoms with Gasteiger partial charge >= 0.3 is 0 Å². The Morgan fingerprint density at radius 2 is 1.88 bits per heavy atom. The summed E-state index contributed by atoms with van der Waals surface area (Å²) in [5.74, 6) is -0.789. The average Bonchev–Trinajstić information content (AvgIpc) is 2.76. The highest BCUT2D eigenvalue weighted by Gasteiger charge is 2.46. The van der Waals surface area contributed by atoms with Gasteiger partial charge in [-0.3, -0.25) is 14.5 Å². The lowest BCUT2D eigenvalue weighted by atomic mass is 9.84. The lowest BCUT2D eigenvalue weighted by molar-refractivity contribution is -0.147. The number of aliphatic hydroxyl groups is 1. The van der Waals surface area contributed by atoms with Gasteiger partial charge in [0.05, 0.1) is 0 Å². The van der Waals surface area contributed by atoms with Gasteiger partial charge in [0.1, 0.15) is 11.4 Å². The van der Waals surface area contributed by atoms with Gasteiger partial charge in [-0.05, 0) is 44.0 Å². The van der Waals surface area contributed by atoms with E-state index in [4.69, 9.17) is 0 Å². The second-order valence-corrected chi connectivity index (χ2v) is 6.84. The van der Waals surface area contributed by atoms with E-state index < -0.39 is 23.4 Å². The van der Waals surface area contributed by atoms with E-state index in [0.29, 0.717) is 38.0 Å². The van der Waals surface area contributed by atoms with Crippen LogP contribution in [0.5, 0.6) is 0 Å². The van der Waals surface area contributed by atoms with Crippen molar-refractivity contribution in [3.63, 3.8) is 0 Å². The number of hydrogen-bond donors (Lipinski definition) is 2. The molecule has 25 heavy (non-hydrogen) atoms. The molecule has 2 saturated heterocycles. The summed E-state index contributed by atoms with van der Waals surface area (Å²) in [4.78, 5) is 28.8. The first-order chi connectivity index (χ1) is 11.9. The van der Waals surface area contributed by atoms with Gasteiger partial charge in [-0.15, -0.1) is 0 Å². The minimum Gasteiger partial charge on any atom is -0.378 e. The molecule has 2 amide bonds. The first kappa shape index (κ1) is 17.8. The summed E-state index contributed by atoms with van der Waals surface area (Å²) in [6, 6.07) is 5.27. The number of piperidine rings is 1. The summed E-state index contributed by atoms with van der Waals surface area (Å²) in [7, 11) is 1.95. The Bertz CT molecular complexity index is 641. The molecule has 0 saturated carbocycles. The number of hydrogen-bond acceptors (Lipinski definition) is 4. The van der Waals surface area contributed by atoms with Crippen LogP contribution in [0.4, 0.5) is 4.39 Å². The molecule has 1 aromatic rings. The molecule has 2 aliphatic rings. The van der Waals surface area contributed by atoms with E-state index in [0.717, 1.165) is 13.0 Å². The predicted molar refractivity (Wildman–Crippen MR) is 90.2 cm³/mol. The number of carbonyl (C=O) groups excluding carboxylic acids is 2. The molecule has 0 bridgehead atoms. The fourth-order valence-electron chi connectivity index (χ4n) is 3.74. The Kier molecular flexibility index (Phi) is 5.06. The highest BCUT2D eigenvalue weighted by molar-refractivity contribution is 5.87. The zero-order valence-electron chi connectivity index (χ0n) is 14.4. The van der Waals surface area contributed by atoms with Crippen molar-refractivity contribution in [3.05, 3.63) is 35.6 Å². The first-order valence-corrected chi connectivity index (χ1v) is 8.66. The van der Waals surface area contributed by atoms with Crippen LogP contribution in [0, 0.1) is 5.82 Å². The molecule has 0 unspecified atom stereocenters. The molecule has 0 aliphatic carbocycles. The zero-order chi connectivity index (χ0) is 18.0. The Labute approximate surface area is 146 Å². The van der Waals surface area contributed by atoms with Gasteiger partial charge < -0.3 is 15.3 Å². The molecule has 136 valence electrons. The summed E-state index contributed by atoms with van der Waals surface area (Å²) in [6.07, 6.45) is 0.681. The van der Waals surface area contributed by atoms with Crippen molar-refractivity contribution in [2.24, 2.45) is 0 Å². The van der Waals surface area contributed by atoms with E-state index in [1.807, 2.05) is 7.05 Å². The van der Waals surface area contributed by atoms with Gasteiger partial charge in [0.15, 0.2) is 6.10 Å². The van der Waals surface area contributed by atoms with Crippen LogP contribution >= 0.6 is 0 Å². The Morgan fingerprint density at radius 3 is 2.52 bits per heavy atom. The molecular formula is C18H24FN3O3. The fourth-order valence-corrected chi connectivity index (χ4v) is 3.74. The van der Waals surface area contributed by atoms with Gasteiger partial charge in [0.25, 0.3) is 5.91 Å². The van der Waals surface area contributed by atoms with Gasteiger partial charge in [-0.1, -0.05) is 12.1 Å². The standard InChI is InChI=1S/C18H24FN3O3/c1-21-10-2-9-20-17(25)18(21)7-11-22(12-8-18)16(24)15(23)13-3-5-14(19)6-4-13/h3-6,15,23H,2,7-12H2,1H3,(H,20,25)/t15-/m1/s1. The summed E-state index contributed by atoms with van der Waals surface area (Å²) >= 11 is 0. The highest BCUT2D eigenvalue weighted by Crippen LogP contribution is 2.31. The van der Waals surface area contributed by atoms with Crippen molar-refractivity contribution >= 4 is 11.8 Å². The topological polar surface area (TPSA) is 72.9 Å². The lowest BCUT2D eigenvalue weighted by Gasteiger charge is -2.45. The molecule has 1 atom stereocenters. The van der Waals surface area contributed by atoms with Crippen molar-refractivity contribution in [2.45, 2.75) is 30.9 Å². The van der Waals surface area contributed by atoms with E-state index in [1.54, 1.807) is 4.90 Å². The molecule has 2 aliphatic heterocycles. The van der Waals surface area contributed by atoms with Crippen molar-refractivity contribution in [1.82, 2.24) is 15.1 Å². The molecular weight excluding hydrogens is 325 g/mol. The number of aliphatic hydroxyl groups excluding tert-OH is 1. The van der Waals surface area contributed by atoms with Crippen molar-refractivity contribution < 1.29 is 19.1 Å². The van der Waals surface area contributed by atoms with Gasteiger partial charge in [0.2, 0.25) is 5.91 Å². The quantitative estimate of drug-likeness (QED) is 0.823. The molecule has 3 rings (SSSR count). The molecule has 1 aromatic carbocycles. The van der Waals surface area contributed by atoms with Crippen LogP contribution in [0.3, 0.4) is 0 Å². The van der Waals surface area contributed by atoms with E-state index in [9.17, 15) is 19.1 Å². The SMILES string of the molecule is CN1CCCNC(=O)C12CCN(C(=O)[C@H](O)c1ccc(F)cc1)CC2. The van der Waals surface area contributed by atoms with Gasteiger partial charge in [-0.25, -0.2) is 4.39 Å². The molecule has 7 heteroatoms. The smallest absolute Gasteiger partial charge is 0.256 e. The number of carbonyl (C=O) groups is 2. The summed E-state index contributed by atoms with van der Waals surface area (Å²) in [6.45, 7) is 2.34. The Balaban J connectivity index is 1.67. The van der Waals surface area contributed by atoms with E-state index in [-0.39, 0.29) is 5.91 Å². The average molecular weight is 349 g/mol. The van der Waals surface area contributed by atoms with Crippen molar-refractivity contribution in [1.29, 1.82) is 0 Å². The maximum Gasteiger partial charge on any atom is 0.256 e.